The van der Waals surface area contributed by atoms with Crippen molar-refractivity contribution in [2.24, 2.45) is 0 Å². The van der Waals surface area contributed by atoms with Crippen LogP contribution < -0.4 is 4.90 Å². The van der Waals surface area contributed by atoms with Crippen molar-refractivity contribution in [1.82, 2.24) is 9.97 Å². The molecule has 0 aromatic carbocycles. The van der Waals surface area contributed by atoms with Gasteiger partial charge in [-0.25, -0.2) is 9.97 Å². The van der Waals surface area contributed by atoms with Gasteiger partial charge >= 0.3 is 0 Å². The summed E-state index contributed by atoms with van der Waals surface area (Å²) in [5.41, 5.74) is 0.692. The Morgan fingerprint density at radius 1 is 1.44 bits per heavy atom. The van der Waals surface area contributed by atoms with Crippen LogP contribution in [-0.4, -0.2) is 39.4 Å². The predicted molar refractivity (Wildman–Crippen MR) is 62.3 cm³/mol. The van der Waals surface area contributed by atoms with Crippen molar-refractivity contribution < 1.29 is 10.2 Å². The zero-order chi connectivity index (χ0) is 12.3. The van der Waals surface area contributed by atoms with E-state index in [2.05, 4.69) is 9.97 Å². The number of hydrogen-bond acceptors (Lipinski definition) is 5. The number of aliphatic hydroxyl groups is 2. The van der Waals surface area contributed by atoms with Gasteiger partial charge in [0.05, 0.1) is 12.2 Å². The lowest BCUT2D eigenvalue weighted by Crippen LogP contribution is -2.37. The molecule has 90 valence electrons. The fraction of sp³-hybridized carbons (Fsp3) is 0.636. The van der Waals surface area contributed by atoms with Gasteiger partial charge in [0.15, 0.2) is 0 Å². The molecule has 0 spiro atoms. The van der Waals surface area contributed by atoms with Crippen molar-refractivity contribution in [1.29, 1.82) is 0 Å². The molecule has 1 aromatic heterocycles. The Balaban J connectivity index is 2.85. The normalized spacial score (nSPS) is 11.6. The molecule has 1 heterocycles. The van der Waals surface area contributed by atoms with Crippen molar-refractivity contribution in [3.8, 4) is 0 Å². The number of hydrogen-bond donors (Lipinski definition) is 2. The van der Waals surface area contributed by atoms with Crippen LogP contribution in [0.25, 0.3) is 0 Å². The Labute approximate surface area is 95.8 Å². The summed E-state index contributed by atoms with van der Waals surface area (Å²) in [4.78, 5) is 10.2. The molecule has 0 aliphatic heterocycles. The third kappa shape index (κ3) is 3.43. The minimum atomic E-state index is -0.790. The van der Waals surface area contributed by atoms with E-state index in [4.69, 9.17) is 5.11 Å². The highest BCUT2D eigenvalue weighted by Crippen LogP contribution is 2.12. The van der Waals surface area contributed by atoms with Gasteiger partial charge in [-0.2, -0.15) is 0 Å². The first-order valence-electron chi connectivity index (χ1n) is 5.20. The molecule has 1 rings (SSSR count). The first-order chi connectivity index (χ1) is 7.33. The fourth-order valence-corrected chi connectivity index (χ4v) is 1.47. The van der Waals surface area contributed by atoms with Crippen LogP contribution in [0.2, 0.25) is 0 Å². The molecule has 1 aromatic rings. The van der Waals surface area contributed by atoms with Gasteiger partial charge in [0.1, 0.15) is 0 Å². The van der Waals surface area contributed by atoms with Gasteiger partial charge in [-0.3, -0.25) is 0 Å². The maximum absolute atomic E-state index is 9.68. The summed E-state index contributed by atoms with van der Waals surface area (Å²) < 4.78 is 0. The first kappa shape index (κ1) is 12.9. The summed E-state index contributed by atoms with van der Waals surface area (Å²) in [6.07, 6.45) is 1.61. The molecule has 0 saturated carbocycles. The monoisotopic (exact) mass is 225 g/mol. The molecule has 5 nitrogen and oxygen atoms in total. The predicted octanol–water partition coefficient (Wildman–Crippen LogP) is 0.484. The van der Waals surface area contributed by atoms with E-state index >= 15 is 0 Å². The molecular weight excluding hydrogens is 206 g/mol. The fourth-order valence-electron chi connectivity index (χ4n) is 1.47. The molecular formula is C11H19N3O2. The van der Waals surface area contributed by atoms with E-state index in [0.29, 0.717) is 12.5 Å². The number of aliphatic hydroxyl groups excluding tert-OH is 1. The Bertz CT molecular complexity index is 361. The van der Waals surface area contributed by atoms with Crippen LogP contribution in [0.4, 0.5) is 5.95 Å². The second-order valence-corrected chi connectivity index (χ2v) is 4.61. The van der Waals surface area contributed by atoms with E-state index in [1.54, 1.807) is 24.9 Å². The molecule has 0 aliphatic rings. The molecule has 2 N–H and O–H groups in total. The molecule has 0 atom stereocenters. The van der Waals surface area contributed by atoms with Crippen molar-refractivity contribution in [2.45, 2.75) is 33.0 Å². The standard InChI is InChI=1S/C11H19N3O2/c1-8-9(6-15)5-12-10(13-8)14(4)7-11(2,3)16/h5,15-16H,6-7H2,1-4H3. The van der Waals surface area contributed by atoms with E-state index in [1.807, 2.05) is 14.0 Å². The zero-order valence-corrected chi connectivity index (χ0v) is 10.2. The van der Waals surface area contributed by atoms with Crippen molar-refractivity contribution in [3.63, 3.8) is 0 Å². The highest BCUT2D eigenvalue weighted by molar-refractivity contribution is 5.32. The highest BCUT2D eigenvalue weighted by atomic mass is 16.3. The SMILES string of the molecule is Cc1nc(N(C)CC(C)(C)O)ncc1CO. The molecule has 0 saturated heterocycles. The largest absolute Gasteiger partial charge is 0.392 e. The Kier molecular flexibility index (Phi) is 3.83. The lowest BCUT2D eigenvalue weighted by atomic mass is 10.1. The summed E-state index contributed by atoms with van der Waals surface area (Å²) in [6, 6.07) is 0. The van der Waals surface area contributed by atoms with Gasteiger partial charge < -0.3 is 15.1 Å². The van der Waals surface area contributed by atoms with E-state index in [9.17, 15) is 5.11 Å². The van der Waals surface area contributed by atoms with Crippen LogP contribution >= 0.6 is 0 Å². The van der Waals surface area contributed by atoms with Gasteiger partial charge in [0, 0.05) is 31.0 Å². The number of nitrogens with zero attached hydrogens (tertiary/aromatic N) is 3. The number of aryl methyl sites for hydroxylation is 1. The smallest absolute Gasteiger partial charge is 0.225 e. The summed E-state index contributed by atoms with van der Waals surface area (Å²) in [5.74, 6) is 0.553. The molecule has 0 unspecified atom stereocenters. The summed E-state index contributed by atoms with van der Waals surface area (Å²) in [7, 11) is 1.82. The molecule has 0 bridgehead atoms. The van der Waals surface area contributed by atoms with Gasteiger partial charge in [0.25, 0.3) is 0 Å². The number of anilines is 1. The number of likely N-dealkylation sites (N-methyl/N-ethyl adjacent to an activating group) is 1. The maximum atomic E-state index is 9.68. The van der Waals surface area contributed by atoms with E-state index in [1.165, 1.54) is 0 Å². The van der Waals surface area contributed by atoms with Crippen LogP contribution in [0.1, 0.15) is 25.1 Å². The zero-order valence-electron chi connectivity index (χ0n) is 10.2. The minimum Gasteiger partial charge on any atom is -0.392 e. The summed E-state index contributed by atoms with van der Waals surface area (Å²) >= 11 is 0. The summed E-state index contributed by atoms with van der Waals surface area (Å²) in [5, 5.41) is 18.7. The number of aromatic nitrogens is 2. The average molecular weight is 225 g/mol. The van der Waals surface area contributed by atoms with Crippen LogP contribution in [0.15, 0.2) is 6.20 Å². The van der Waals surface area contributed by atoms with Gasteiger partial charge in [-0.1, -0.05) is 0 Å². The third-order valence-electron chi connectivity index (χ3n) is 2.20. The maximum Gasteiger partial charge on any atom is 0.225 e. The molecule has 0 amide bonds. The van der Waals surface area contributed by atoms with Gasteiger partial charge in [-0.05, 0) is 20.8 Å². The van der Waals surface area contributed by atoms with E-state index in [0.717, 1.165) is 11.3 Å². The van der Waals surface area contributed by atoms with Crippen LogP contribution in [0.3, 0.4) is 0 Å². The minimum absolute atomic E-state index is 0.0542. The van der Waals surface area contributed by atoms with E-state index < -0.39 is 5.60 Å². The summed E-state index contributed by atoms with van der Waals surface area (Å²) in [6.45, 7) is 5.69. The first-order valence-corrected chi connectivity index (χ1v) is 5.20. The lowest BCUT2D eigenvalue weighted by molar-refractivity contribution is 0.0882. The topological polar surface area (TPSA) is 69.5 Å². The quantitative estimate of drug-likeness (QED) is 0.780. The van der Waals surface area contributed by atoms with Crippen molar-refractivity contribution >= 4 is 5.95 Å². The van der Waals surface area contributed by atoms with Crippen LogP contribution in [0.5, 0.6) is 0 Å². The average Bonchev–Trinajstić information content (AvgIpc) is 2.15. The van der Waals surface area contributed by atoms with E-state index in [-0.39, 0.29) is 6.61 Å². The number of rotatable bonds is 4. The second kappa shape index (κ2) is 4.76. The Morgan fingerprint density at radius 2 is 2.06 bits per heavy atom. The Morgan fingerprint density at radius 3 is 2.50 bits per heavy atom. The van der Waals surface area contributed by atoms with Crippen molar-refractivity contribution in [3.05, 3.63) is 17.5 Å². The highest BCUT2D eigenvalue weighted by Gasteiger charge is 2.17. The second-order valence-electron chi connectivity index (χ2n) is 4.61. The van der Waals surface area contributed by atoms with Gasteiger partial charge in [0.2, 0.25) is 5.95 Å². The van der Waals surface area contributed by atoms with Crippen LogP contribution in [0, 0.1) is 6.92 Å². The molecule has 0 aliphatic carbocycles. The molecule has 5 heteroatoms. The molecule has 16 heavy (non-hydrogen) atoms. The van der Waals surface area contributed by atoms with Crippen LogP contribution in [-0.2, 0) is 6.61 Å². The lowest BCUT2D eigenvalue weighted by Gasteiger charge is -2.25. The molecule has 0 radical (unpaired) electrons. The molecule has 0 fully saturated rings. The van der Waals surface area contributed by atoms with Crippen molar-refractivity contribution in [2.75, 3.05) is 18.5 Å². The van der Waals surface area contributed by atoms with Gasteiger partial charge in [-0.15, -0.1) is 0 Å². The third-order valence-corrected chi connectivity index (χ3v) is 2.20. The Hall–Kier alpha value is -1.20.